The van der Waals surface area contributed by atoms with Gasteiger partial charge in [0.05, 0.1) is 31.3 Å². The Morgan fingerprint density at radius 3 is 2.91 bits per heavy atom. The molecule has 3 aromatic heterocycles. The first kappa shape index (κ1) is 20.5. The second-order valence-corrected chi connectivity index (χ2v) is 8.06. The number of nitrogens with zero attached hydrogens (tertiary/aromatic N) is 6. The standard InChI is InChI=1S/C24H26N6O2/c1-16-11-17(2)30-24(28-16)19(13-27-30)14-29-9-10-32-21(15-29)23-22(25-7-8-26-23)18-5-4-6-20(12-18)31-3/h4-8,11-13,21H,9-10,14-15H2,1-3H3/t21-/m1/s1. The molecule has 8 heteroatoms. The average Bonchev–Trinajstić information content (AvgIpc) is 3.22. The van der Waals surface area contributed by atoms with E-state index >= 15 is 0 Å². The van der Waals surface area contributed by atoms with Crippen molar-refractivity contribution in [1.82, 2.24) is 29.5 Å². The second kappa shape index (κ2) is 8.64. The lowest BCUT2D eigenvalue weighted by Crippen LogP contribution is -2.38. The quantitative estimate of drug-likeness (QED) is 0.480. The largest absolute Gasteiger partial charge is 0.497 e. The molecule has 1 atom stereocenters. The fourth-order valence-electron chi connectivity index (χ4n) is 4.26. The molecule has 1 fully saturated rings. The van der Waals surface area contributed by atoms with E-state index in [0.29, 0.717) is 6.61 Å². The minimum absolute atomic E-state index is 0.170. The third kappa shape index (κ3) is 3.94. The number of aromatic nitrogens is 5. The molecule has 32 heavy (non-hydrogen) atoms. The van der Waals surface area contributed by atoms with E-state index in [9.17, 15) is 0 Å². The van der Waals surface area contributed by atoms with Crippen molar-refractivity contribution in [2.45, 2.75) is 26.5 Å². The van der Waals surface area contributed by atoms with E-state index in [4.69, 9.17) is 14.5 Å². The zero-order valence-electron chi connectivity index (χ0n) is 18.5. The van der Waals surface area contributed by atoms with E-state index in [-0.39, 0.29) is 6.10 Å². The van der Waals surface area contributed by atoms with Crippen LogP contribution in [0.25, 0.3) is 16.9 Å². The van der Waals surface area contributed by atoms with Gasteiger partial charge in [-0.2, -0.15) is 5.10 Å². The molecule has 0 saturated carbocycles. The van der Waals surface area contributed by atoms with Gasteiger partial charge in [0.1, 0.15) is 11.9 Å². The van der Waals surface area contributed by atoms with Crippen molar-refractivity contribution in [1.29, 1.82) is 0 Å². The van der Waals surface area contributed by atoms with Gasteiger partial charge in [-0.15, -0.1) is 0 Å². The highest BCUT2D eigenvalue weighted by atomic mass is 16.5. The molecule has 0 amide bonds. The van der Waals surface area contributed by atoms with Crippen LogP contribution in [0.1, 0.15) is 28.7 Å². The van der Waals surface area contributed by atoms with Gasteiger partial charge in [-0.1, -0.05) is 12.1 Å². The fraction of sp³-hybridized carbons (Fsp3) is 0.333. The maximum Gasteiger partial charge on any atom is 0.159 e. The Labute approximate surface area is 186 Å². The van der Waals surface area contributed by atoms with E-state index < -0.39 is 0 Å². The summed E-state index contributed by atoms with van der Waals surface area (Å²) in [6, 6.07) is 9.92. The van der Waals surface area contributed by atoms with Gasteiger partial charge in [0.25, 0.3) is 0 Å². The van der Waals surface area contributed by atoms with Crippen LogP contribution in [0.5, 0.6) is 5.75 Å². The number of hydrogen-bond donors (Lipinski definition) is 0. The van der Waals surface area contributed by atoms with Crippen molar-refractivity contribution in [2.75, 3.05) is 26.8 Å². The molecule has 1 aromatic carbocycles. The van der Waals surface area contributed by atoms with Crippen LogP contribution < -0.4 is 4.74 Å². The molecule has 0 unspecified atom stereocenters. The Morgan fingerprint density at radius 1 is 1.16 bits per heavy atom. The lowest BCUT2D eigenvalue weighted by atomic mass is 10.0. The molecule has 0 radical (unpaired) electrons. The summed E-state index contributed by atoms with van der Waals surface area (Å²) in [5.74, 6) is 0.788. The number of benzene rings is 1. The van der Waals surface area contributed by atoms with E-state index in [1.165, 1.54) is 0 Å². The minimum atomic E-state index is -0.170. The summed E-state index contributed by atoms with van der Waals surface area (Å²) in [6.45, 7) is 7.02. The highest BCUT2D eigenvalue weighted by molar-refractivity contribution is 5.63. The molecule has 164 valence electrons. The maximum absolute atomic E-state index is 6.15. The van der Waals surface area contributed by atoms with Gasteiger partial charge in [0, 0.05) is 54.5 Å². The highest BCUT2D eigenvalue weighted by Gasteiger charge is 2.27. The van der Waals surface area contributed by atoms with E-state index in [2.05, 4.69) is 26.9 Å². The third-order valence-electron chi connectivity index (χ3n) is 5.77. The molecule has 1 saturated heterocycles. The van der Waals surface area contributed by atoms with Crippen molar-refractivity contribution in [3.63, 3.8) is 0 Å². The smallest absolute Gasteiger partial charge is 0.159 e. The zero-order chi connectivity index (χ0) is 22.1. The number of fused-ring (bicyclic) bond motifs is 1. The molecule has 1 aliphatic rings. The van der Waals surface area contributed by atoms with E-state index in [1.54, 1.807) is 19.5 Å². The summed E-state index contributed by atoms with van der Waals surface area (Å²) in [6.07, 6.45) is 5.19. The number of rotatable bonds is 5. The molecule has 0 aliphatic carbocycles. The zero-order valence-corrected chi connectivity index (χ0v) is 18.5. The van der Waals surface area contributed by atoms with E-state index in [0.717, 1.165) is 64.9 Å². The monoisotopic (exact) mass is 430 g/mol. The first-order valence-corrected chi connectivity index (χ1v) is 10.7. The number of ether oxygens (including phenoxy) is 2. The van der Waals surface area contributed by atoms with Gasteiger partial charge in [0.15, 0.2) is 5.65 Å². The van der Waals surface area contributed by atoms with Gasteiger partial charge >= 0.3 is 0 Å². The van der Waals surface area contributed by atoms with Crippen molar-refractivity contribution in [2.24, 2.45) is 0 Å². The van der Waals surface area contributed by atoms with Crippen LogP contribution in [0, 0.1) is 13.8 Å². The topological polar surface area (TPSA) is 77.7 Å². The Hall–Kier alpha value is -3.36. The lowest BCUT2D eigenvalue weighted by Gasteiger charge is -2.32. The number of hydrogen-bond acceptors (Lipinski definition) is 7. The van der Waals surface area contributed by atoms with E-state index in [1.807, 2.05) is 48.0 Å². The maximum atomic E-state index is 6.15. The molecule has 1 aliphatic heterocycles. The van der Waals surface area contributed by atoms with Crippen LogP contribution in [0.15, 0.2) is 48.9 Å². The SMILES string of the molecule is COc1cccc(-c2nccnc2[C@H]2CN(Cc3cnn4c(C)cc(C)nc34)CCO2)c1. The molecular weight excluding hydrogens is 404 g/mol. The Kier molecular flexibility index (Phi) is 5.55. The summed E-state index contributed by atoms with van der Waals surface area (Å²) in [5, 5.41) is 4.53. The van der Waals surface area contributed by atoms with Gasteiger partial charge in [-0.3, -0.25) is 14.9 Å². The predicted octanol–water partition coefficient (Wildman–Crippen LogP) is 3.39. The summed E-state index contributed by atoms with van der Waals surface area (Å²) in [5.41, 5.74) is 6.75. The van der Waals surface area contributed by atoms with Crippen LogP contribution in [0.3, 0.4) is 0 Å². The molecule has 4 aromatic rings. The van der Waals surface area contributed by atoms with Crippen LogP contribution in [-0.2, 0) is 11.3 Å². The molecule has 4 heterocycles. The lowest BCUT2D eigenvalue weighted by molar-refractivity contribution is -0.0347. The van der Waals surface area contributed by atoms with Gasteiger partial charge in [-0.25, -0.2) is 9.50 Å². The minimum Gasteiger partial charge on any atom is -0.497 e. The summed E-state index contributed by atoms with van der Waals surface area (Å²) >= 11 is 0. The average molecular weight is 431 g/mol. The number of methoxy groups -OCH3 is 1. The molecule has 8 nitrogen and oxygen atoms in total. The fourth-order valence-corrected chi connectivity index (χ4v) is 4.26. The molecule has 0 N–H and O–H groups in total. The summed E-state index contributed by atoms with van der Waals surface area (Å²) in [7, 11) is 1.66. The normalized spacial score (nSPS) is 17.0. The Bertz CT molecular complexity index is 1250. The molecule has 5 rings (SSSR count). The van der Waals surface area contributed by atoms with Crippen molar-refractivity contribution < 1.29 is 9.47 Å². The number of morpholine rings is 1. The van der Waals surface area contributed by atoms with Gasteiger partial charge < -0.3 is 9.47 Å². The Balaban J connectivity index is 1.41. The van der Waals surface area contributed by atoms with Crippen LogP contribution >= 0.6 is 0 Å². The first-order chi connectivity index (χ1) is 15.6. The van der Waals surface area contributed by atoms with Crippen LogP contribution in [-0.4, -0.2) is 56.3 Å². The van der Waals surface area contributed by atoms with Crippen LogP contribution in [0.4, 0.5) is 0 Å². The first-order valence-electron chi connectivity index (χ1n) is 10.7. The van der Waals surface area contributed by atoms with Crippen LogP contribution in [0.2, 0.25) is 0 Å². The number of aryl methyl sites for hydroxylation is 2. The summed E-state index contributed by atoms with van der Waals surface area (Å²) in [4.78, 5) is 16.4. The molecule has 0 bridgehead atoms. The van der Waals surface area contributed by atoms with Gasteiger partial charge in [-0.05, 0) is 32.0 Å². The Morgan fingerprint density at radius 2 is 2.03 bits per heavy atom. The molecule has 0 spiro atoms. The van der Waals surface area contributed by atoms with Crippen molar-refractivity contribution in [3.05, 3.63) is 71.6 Å². The third-order valence-corrected chi connectivity index (χ3v) is 5.77. The summed E-state index contributed by atoms with van der Waals surface area (Å²) < 4.78 is 13.4. The predicted molar refractivity (Wildman–Crippen MR) is 120 cm³/mol. The van der Waals surface area contributed by atoms with Crippen molar-refractivity contribution in [3.8, 4) is 17.0 Å². The highest BCUT2D eigenvalue weighted by Crippen LogP contribution is 2.31. The molecular formula is C24H26N6O2. The van der Waals surface area contributed by atoms with Gasteiger partial charge in [0.2, 0.25) is 0 Å². The van der Waals surface area contributed by atoms with Crippen molar-refractivity contribution >= 4 is 5.65 Å². The second-order valence-electron chi connectivity index (χ2n) is 8.06.